The van der Waals surface area contributed by atoms with Crippen LogP contribution in [0.4, 0.5) is 0 Å². The summed E-state index contributed by atoms with van der Waals surface area (Å²) in [5.74, 6) is -1.86. The van der Waals surface area contributed by atoms with Gasteiger partial charge in [0.05, 0.1) is 19.8 Å². The van der Waals surface area contributed by atoms with Crippen molar-refractivity contribution in [3.8, 4) is 5.75 Å². The second kappa shape index (κ2) is 18.0. The van der Waals surface area contributed by atoms with Crippen LogP contribution in [0.5, 0.6) is 5.75 Å². The van der Waals surface area contributed by atoms with Crippen molar-refractivity contribution in [1.82, 2.24) is 16.0 Å². The second-order valence-corrected chi connectivity index (χ2v) is 13.5. The zero-order valence-electron chi connectivity index (χ0n) is 30.2. The summed E-state index contributed by atoms with van der Waals surface area (Å²) in [6.45, 7) is 2.70. The molecule has 2 aromatic rings. The zero-order valence-corrected chi connectivity index (χ0v) is 30.2. The maximum atomic E-state index is 12.4. The molecule has 0 bridgehead atoms. The van der Waals surface area contributed by atoms with Gasteiger partial charge in [-0.2, -0.15) is 0 Å². The first kappa shape index (κ1) is 42.3. The Bertz CT molecular complexity index is 1730. The molecule has 21 nitrogen and oxygen atoms in total. The van der Waals surface area contributed by atoms with Gasteiger partial charge in [-0.05, 0) is 24.6 Å². The molecule has 21 heteroatoms. The van der Waals surface area contributed by atoms with E-state index in [0.29, 0.717) is 10.9 Å². The summed E-state index contributed by atoms with van der Waals surface area (Å²) >= 11 is 0. The van der Waals surface area contributed by atoms with Gasteiger partial charge in [0.2, 0.25) is 24.0 Å². The minimum Gasteiger partial charge on any atom is -0.462 e. The predicted molar refractivity (Wildman–Crippen MR) is 182 cm³/mol. The minimum atomic E-state index is -1.81. The van der Waals surface area contributed by atoms with E-state index in [1.165, 1.54) is 19.1 Å². The molecule has 3 aliphatic heterocycles. The summed E-state index contributed by atoms with van der Waals surface area (Å²) in [5, 5.41) is 82.9. The lowest BCUT2D eigenvalue weighted by molar-refractivity contribution is -0.350. The smallest absolute Gasteiger partial charge is 0.336 e. The van der Waals surface area contributed by atoms with Crippen molar-refractivity contribution in [2.45, 2.75) is 120 Å². The highest BCUT2D eigenvalue weighted by Crippen LogP contribution is 2.34. The van der Waals surface area contributed by atoms with Crippen LogP contribution >= 0.6 is 0 Å². The molecule has 0 spiro atoms. The van der Waals surface area contributed by atoms with Crippen LogP contribution in [0.3, 0.4) is 0 Å². The van der Waals surface area contributed by atoms with Gasteiger partial charge in [-0.1, -0.05) is 0 Å². The first-order chi connectivity index (χ1) is 26.1. The molecule has 3 fully saturated rings. The summed E-state index contributed by atoms with van der Waals surface area (Å²) < 4.78 is 40.8. The van der Waals surface area contributed by atoms with Crippen molar-refractivity contribution < 1.29 is 83.0 Å². The van der Waals surface area contributed by atoms with Gasteiger partial charge in [-0.15, -0.1) is 0 Å². The number of benzene rings is 1. The summed E-state index contributed by atoms with van der Waals surface area (Å²) in [5.41, 5.74) is 0.246. The first-order valence-corrected chi connectivity index (χ1v) is 17.4. The normalized spacial score (nSPS) is 36.5. The molecule has 1 aromatic carbocycles. The van der Waals surface area contributed by atoms with Gasteiger partial charge in [0.15, 0.2) is 12.6 Å². The van der Waals surface area contributed by atoms with Crippen molar-refractivity contribution in [3.05, 3.63) is 40.2 Å². The number of rotatable bonds is 12. The van der Waals surface area contributed by atoms with Crippen molar-refractivity contribution in [2.75, 3.05) is 19.8 Å². The SMILES string of the molecule is CC(=O)N[C@@H]1[C@H](O[C@H]2[C@H](O)[C@@H](NC(C)=O)[C@H](O[C@H]3[C@H](O)[C@@H](NC(C)=O)[C@H](Oc4ccc5c(C)cc(=O)oc5c4)O[C@H]3CO)O[C@H]2CO)O[C@@H](CO)[C@H](O)[C@H]1O. The van der Waals surface area contributed by atoms with Gasteiger partial charge in [-0.25, -0.2) is 4.79 Å². The number of nitrogens with one attached hydrogen (secondary N) is 3. The largest absolute Gasteiger partial charge is 0.462 e. The third-order valence-corrected chi connectivity index (χ3v) is 9.45. The third-order valence-electron chi connectivity index (χ3n) is 9.45. The number of ether oxygens (including phenoxy) is 6. The number of amides is 3. The fraction of sp³-hybridized carbons (Fsp3) is 0.647. The maximum absolute atomic E-state index is 12.4. The summed E-state index contributed by atoms with van der Waals surface area (Å²) in [7, 11) is 0. The van der Waals surface area contributed by atoms with E-state index in [4.69, 9.17) is 32.8 Å². The topological polar surface area (TPSA) is 314 Å². The minimum absolute atomic E-state index is 0.112. The Balaban J connectivity index is 1.40. The van der Waals surface area contributed by atoms with Crippen LogP contribution in [-0.4, -0.2) is 165 Å². The van der Waals surface area contributed by atoms with E-state index in [0.717, 1.165) is 13.8 Å². The van der Waals surface area contributed by atoms with E-state index >= 15 is 0 Å². The van der Waals surface area contributed by atoms with Gasteiger partial charge in [0.1, 0.15) is 84.4 Å². The molecule has 0 aliphatic carbocycles. The Morgan fingerprint density at radius 2 is 1.11 bits per heavy atom. The Labute approximate surface area is 313 Å². The molecule has 1 aromatic heterocycles. The van der Waals surface area contributed by atoms with Crippen molar-refractivity contribution >= 4 is 28.7 Å². The fourth-order valence-corrected chi connectivity index (χ4v) is 6.87. The number of fused-ring (bicyclic) bond motifs is 1. The Morgan fingerprint density at radius 3 is 1.60 bits per heavy atom. The molecule has 10 N–H and O–H groups in total. The van der Waals surface area contributed by atoms with Crippen LogP contribution in [0.15, 0.2) is 33.5 Å². The predicted octanol–water partition coefficient (Wildman–Crippen LogP) is -4.64. The average molecular weight is 786 g/mol. The number of aryl methyl sites for hydroxylation is 1. The quantitative estimate of drug-likeness (QED) is 0.0905. The lowest BCUT2D eigenvalue weighted by Gasteiger charge is -2.50. The van der Waals surface area contributed by atoms with Crippen LogP contribution in [0.25, 0.3) is 11.0 Å². The van der Waals surface area contributed by atoms with Crippen molar-refractivity contribution in [3.63, 3.8) is 0 Å². The summed E-state index contributed by atoms with van der Waals surface area (Å²) in [4.78, 5) is 48.6. The van der Waals surface area contributed by atoms with Crippen LogP contribution in [0, 0.1) is 6.92 Å². The Morgan fingerprint density at radius 1 is 0.655 bits per heavy atom. The summed E-state index contributed by atoms with van der Waals surface area (Å²) in [6, 6.07) is 1.55. The van der Waals surface area contributed by atoms with Gasteiger partial charge >= 0.3 is 5.63 Å². The second-order valence-electron chi connectivity index (χ2n) is 13.5. The standard InChI is InChI=1S/C34H47N3O18/c1-12-7-22(44)50-18-8-16(5-6-17(12)18)49-32-24(36-14(3)42)28(47)30(20(10-39)52-32)55-34-25(37-15(4)43)29(48)31(21(11-40)53-34)54-33-23(35-13(2)41)27(46)26(45)19(9-38)51-33/h5-8,19-21,23-34,38-40,45-48H,9-11H2,1-4H3,(H,35,41)(H,36,42)(H,37,43)/t19-,20-,21-,23-,24+,25+,26-,27-,28+,29+,30+,31+,32+,33-,34-/m0/s1. The Hall–Kier alpha value is -3.84. The lowest BCUT2D eigenvalue weighted by Crippen LogP contribution is -2.71. The molecule has 306 valence electrons. The Kier molecular flexibility index (Phi) is 13.8. The van der Waals surface area contributed by atoms with Gasteiger partial charge in [0, 0.05) is 38.3 Å². The molecule has 0 radical (unpaired) electrons. The number of carbonyl (C=O) groups excluding carboxylic acids is 3. The molecule has 3 amide bonds. The molecule has 0 unspecified atom stereocenters. The number of hydrogen-bond donors (Lipinski definition) is 10. The van der Waals surface area contributed by atoms with E-state index in [-0.39, 0.29) is 11.3 Å². The highest BCUT2D eigenvalue weighted by atomic mass is 16.7. The van der Waals surface area contributed by atoms with E-state index in [1.54, 1.807) is 19.1 Å². The van der Waals surface area contributed by atoms with Gasteiger partial charge in [0.25, 0.3) is 0 Å². The molecular weight excluding hydrogens is 738 g/mol. The van der Waals surface area contributed by atoms with Crippen molar-refractivity contribution in [2.24, 2.45) is 0 Å². The van der Waals surface area contributed by atoms with Gasteiger partial charge in [-0.3, -0.25) is 14.4 Å². The maximum Gasteiger partial charge on any atom is 0.336 e. The fourth-order valence-electron chi connectivity index (χ4n) is 6.87. The molecule has 0 saturated carbocycles. The summed E-state index contributed by atoms with van der Waals surface area (Å²) in [6.07, 6.45) is -19.1. The number of aliphatic hydroxyl groups is 7. The highest BCUT2D eigenvalue weighted by molar-refractivity contribution is 5.81. The lowest BCUT2D eigenvalue weighted by atomic mass is 9.93. The van der Waals surface area contributed by atoms with E-state index < -0.39 is 135 Å². The monoisotopic (exact) mass is 785 g/mol. The molecule has 55 heavy (non-hydrogen) atoms. The van der Waals surface area contributed by atoms with Gasteiger partial charge < -0.3 is 84.5 Å². The molecular formula is C34H47N3O18. The zero-order chi connectivity index (χ0) is 40.3. The van der Waals surface area contributed by atoms with E-state index in [1.807, 2.05) is 0 Å². The molecule has 3 saturated heterocycles. The van der Waals surface area contributed by atoms with Crippen LogP contribution < -0.4 is 26.3 Å². The van der Waals surface area contributed by atoms with Crippen LogP contribution in [0.1, 0.15) is 26.3 Å². The molecule has 3 aliphatic rings. The third kappa shape index (κ3) is 9.42. The molecule has 4 heterocycles. The van der Waals surface area contributed by atoms with Crippen LogP contribution in [-0.2, 0) is 38.1 Å². The number of carbonyl (C=O) groups is 3. The van der Waals surface area contributed by atoms with Crippen LogP contribution in [0.2, 0.25) is 0 Å². The highest BCUT2D eigenvalue weighted by Gasteiger charge is 2.55. The first-order valence-electron chi connectivity index (χ1n) is 17.4. The number of aliphatic hydroxyl groups excluding tert-OH is 7. The average Bonchev–Trinajstić information content (AvgIpc) is 3.12. The van der Waals surface area contributed by atoms with E-state index in [9.17, 15) is 54.9 Å². The van der Waals surface area contributed by atoms with E-state index in [2.05, 4.69) is 16.0 Å². The number of hydrogen-bond acceptors (Lipinski definition) is 18. The van der Waals surface area contributed by atoms with Crippen molar-refractivity contribution in [1.29, 1.82) is 0 Å². The molecule has 15 atom stereocenters. The molecule has 5 rings (SSSR count).